The van der Waals surface area contributed by atoms with E-state index in [1.807, 2.05) is 0 Å². The van der Waals surface area contributed by atoms with E-state index in [1.165, 1.54) is 24.3 Å². The lowest BCUT2D eigenvalue weighted by atomic mass is 9.72. The molecule has 0 spiro atoms. The van der Waals surface area contributed by atoms with Crippen LogP contribution < -0.4 is 0 Å². The summed E-state index contributed by atoms with van der Waals surface area (Å²) in [5.74, 6) is -0.621. The van der Waals surface area contributed by atoms with Crippen LogP contribution >= 0.6 is 0 Å². The Morgan fingerprint density at radius 3 is 2.45 bits per heavy atom. The average Bonchev–Trinajstić information content (AvgIpc) is 2.74. The molecule has 22 heavy (non-hydrogen) atoms. The molecule has 6 heteroatoms. The maximum Gasteiger partial charge on any atom is 0.335 e. The standard InChI is InChI=1S/C16H21NO4S/c1-16(2)8-11-7-13(9-16)17(10-11)22(20,21)14-5-3-12(4-6-14)15(18)19/h3-6,11,13H,7-10H2,1-2H3,(H,18,19). The van der Waals surface area contributed by atoms with Gasteiger partial charge in [-0.25, -0.2) is 13.2 Å². The monoisotopic (exact) mass is 323 g/mol. The van der Waals surface area contributed by atoms with Crippen LogP contribution in [-0.4, -0.2) is 36.4 Å². The van der Waals surface area contributed by atoms with Gasteiger partial charge in [-0.05, 0) is 54.9 Å². The summed E-state index contributed by atoms with van der Waals surface area (Å²) in [7, 11) is -3.55. The molecule has 2 fully saturated rings. The minimum Gasteiger partial charge on any atom is -0.478 e. The number of nitrogens with zero attached hydrogens (tertiary/aromatic N) is 1. The SMILES string of the molecule is CC1(C)CC2CC(C1)N(S(=O)(=O)c1ccc(C(=O)O)cc1)C2. The first kappa shape index (κ1) is 15.5. The largest absolute Gasteiger partial charge is 0.478 e. The topological polar surface area (TPSA) is 74.7 Å². The maximum absolute atomic E-state index is 12.8. The second kappa shape index (κ2) is 5.06. The van der Waals surface area contributed by atoms with Crippen LogP contribution in [0.2, 0.25) is 0 Å². The van der Waals surface area contributed by atoms with Crippen molar-refractivity contribution in [2.45, 2.75) is 44.0 Å². The summed E-state index contributed by atoms with van der Waals surface area (Å²) in [6.07, 6.45) is 2.89. The highest BCUT2D eigenvalue weighted by atomic mass is 32.2. The maximum atomic E-state index is 12.8. The van der Waals surface area contributed by atoms with Gasteiger partial charge in [0, 0.05) is 12.6 Å². The number of carbonyl (C=O) groups is 1. The summed E-state index contributed by atoms with van der Waals surface area (Å²) in [5, 5.41) is 8.91. The van der Waals surface area contributed by atoms with E-state index >= 15 is 0 Å². The van der Waals surface area contributed by atoms with Gasteiger partial charge < -0.3 is 5.11 Å². The fourth-order valence-corrected chi connectivity index (χ4v) is 5.73. The number of aromatic carboxylic acids is 1. The number of hydrogen-bond acceptors (Lipinski definition) is 3. The molecule has 0 radical (unpaired) electrons. The Morgan fingerprint density at radius 2 is 1.86 bits per heavy atom. The summed E-state index contributed by atoms with van der Waals surface area (Å²) in [6.45, 7) is 4.98. The molecule has 2 unspecified atom stereocenters. The highest BCUT2D eigenvalue weighted by Crippen LogP contribution is 2.46. The molecular formula is C16H21NO4S. The van der Waals surface area contributed by atoms with Crippen molar-refractivity contribution in [3.63, 3.8) is 0 Å². The molecule has 1 saturated carbocycles. The first-order valence-electron chi connectivity index (χ1n) is 7.54. The van der Waals surface area contributed by atoms with Crippen molar-refractivity contribution >= 4 is 16.0 Å². The first-order chi connectivity index (χ1) is 10.2. The second-order valence-corrected chi connectivity index (χ2v) is 9.12. The van der Waals surface area contributed by atoms with E-state index in [1.54, 1.807) is 4.31 Å². The lowest BCUT2D eigenvalue weighted by Crippen LogP contribution is -2.37. The van der Waals surface area contributed by atoms with Gasteiger partial charge >= 0.3 is 5.97 Å². The summed E-state index contributed by atoms with van der Waals surface area (Å²) < 4.78 is 27.3. The molecule has 120 valence electrons. The molecule has 1 aromatic rings. The van der Waals surface area contributed by atoms with E-state index < -0.39 is 16.0 Å². The molecule has 2 atom stereocenters. The van der Waals surface area contributed by atoms with Crippen molar-refractivity contribution in [2.75, 3.05) is 6.54 Å². The molecule has 5 nitrogen and oxygen atoms in total. The zero-order chi connectivity index (χ0) is 16.1. The second-order valence-electron chi connectivity index (χ2n) is 7.23. The average molecular weight is 323 g/mol. The zero-order valence-electron chi connectivity index (χ0n) is 12.8. The normalized spacial score (nSPS) is 27.7. The van der Waals surface area contributed by atoms with Gasteiger partial charge in [0.15, 0.2) is 0 Å². The van der Waals surface area contributed by atoms with Crippen molar-refractivity contribution in [3.05, 3.63) is 29.8 Å². The summed E-state index contributed by atoms with van der Waals surface area (Å²) >= 11 is 0. The van der Waals surface area contributed by atoms with Gasteiger partial charge in [0.25, 0.3) is 0 Å². The number of carboxylic acids is 1. The minimum absolute atomic E-state index is 0.0675. The molecule has 1 aliphatic heterocycles. The Morgan fingerprint density at radius 1 is 1.23 bits per heavy atom. The number of hydrogen-bond donors (Lipinski definition) is 1. The molecule has 1 aliphatic carbocycles. The molecule has 1 heterocycles. The Balaban J connectivity index is 1.89. The Kier molecular flexibility index (Phi) is 3.57. The lowest BCUT2D eigenvalue weighted by Gasteiger charge is -2.34. The van der Waals surface area contributed by atoms with Crippen LogP contribution in [0, 0.1) is 11.3 Å². The highest BCUT2D eigenvalue weighted by molar-refractivity contribution is 7.89. The van der Waals surface area contributed by atoms with E-state index in [-0.39, 0.29) is 21.9 Å². The number of rotatable bonds is 3. The number of sulfonamides is 1. The van der Waals surface area contributed by atoms with Crippen molar-refractivity contribution in [1.29, 1.82) is 0 Å². The van der Waals surface area contributed by atoms with Crippen molar-refractivity contribution in [1.82, 2.24) is 4.31 Å². The molecule has 2 bridgehead atoms. The van der Waals surface area contributed by atoms with Crippen LogP contribution in [0.15, 0.2) is 29.2 Å². The molecular weight excluding hydrogens is 302 g/mol. The first-order valence-corrected chi connectivity index (χ1v) is 8.98. The van der Waals surface area contributed by atoms with Gasteiger partial charge in [-0.3, -0.25) is 0 Å². The van der Waals surface area contributed by atoms with E-state index in [0.29, 0.717) is 12.5 Å². The molecule has 1 N–H and O–H groups in total. The zero-order valence-corrected chi connectivity index (χ0v) is 13.6. The summed E-state index contributed by atoms with van der Waals surface area (Å²) in [5.41, 5.74) is 0.283. The Bertz CT molecular complexity index is 693. The van der Waals surface area contributed by atoms with Gasteiger partial charge in [0.05, 0.1) is 10.5 Å². The van der Waals surface area contributed by atoms with Gasteiger partial charge in [-0.2, -0.15) is 4.31 Å². The predicted molar refractivity (Wildman–Crippen MR) is 82.2 cm³/mol. The summed E-state index contributed by atoms with van der Waals surface area (Å²) in [6, 6.07) is 5.55. The van der Waals surface area contributed by atoms with Crippen LogP contribution in [0.4, 0.5) is 0 Å². The van der Waals surface area contributed by atoms with Gasteiger partial charge in [-0.1, -0.05) is 13.8 Å². The van der Waals surface area contributed by atoms with Crippen molar-refractivity contribution in [2.24, 2.45) is 11.3 Å². The Hall–Kier alpha value is -1.40. The van der Waals surface area contributed by atoms with Gasteiger partial charge in [0.1, 0.15) is 0 Å². The molecule has 2 aliphatic rings. The quantitative estimate of drug-likeness (QED) is 0.928. The van der Waals surface area contributed by atoms with Crippen LogP contribution in [0.25, 0.3) is 0 Å². The van der Waals surface area contributed by atoms with Crippen molar-refractivity contribution < 1.29 is 18.3 Å². The third-order valence-electron chi connectivity index (χ3n) is 4.79. The highest BCUT2D eigenvalue weighted by Gasteiger charge is 2.47. The lowest BCUT2D eigenvalue weighted by molar-refractivity contribution is 0.0696. The number of carboxylic acid groups (broad SMARTS) is 1. The van der Waals surface area contributed by atoms with Gasteiger partial charge in [0.2, 0.25) is 10.0 Å². The fraction of sp³-hybridized carbons (Fsp3) is 0.562. The number of fused-ring (bicyclic) bond motifs is 2. The number of benzene rings is 1. The molecule has 1 aromatic carbocycles. The van der Waals surface area contributed by atoms with Crippen LogP contribution in [0.3, 0.4) is 0 Å². The van der Waals surface area contributed by atoms with E-state index in [0.717, 1.165) is 19.3 Å². The van der Waals surface area contributed by atoms with Crippen LogP contribution in [0.1, 0.15) is 43.5 Å². The third kappa shape index (κ3) is 2.65. The molecule has 3 rings (SSSR count). The van der Waals surface area contributed by atoms with E-state index in [2.05, 4.69) is 13.8 Å². The predicted octanol–water partition coefficient (Wildman–Crippen LogP) is 2.58. The van der Waals surface area contributed by atoms with Gasteiger partial charge in [-0.15, -0.1) is 0 Å². The third-order valence-corrected chi connectivity index (χ3v) is 6.72. The minimum atomic E-state index is -3.55. The van der Waals surface area contributed by atoms with Crippen LogP contribution in [-0.2, 0) is 10.0 Å². The smallest absolute Gasteiger partial charge is 0.335 e. The Labute approximate surface area is 131 Å². The van der Waals surface area contributed by atoms with Crippen LogP contribution in [0.5, 0.6) is 0 Å². The molecule has 0 amide bonds. The van der Waals surface area contributed by atoms with E-state index in [9.17, 15) is 13.2 Å². The molecule has 1 saturated heterocycles. The summed E-state index contributed by atoms with van der Waals surface area (Å²) in [4.78, 5) is 11.1. The van der Waals surface area contributed by atoms with E-state index in [4.69, 9.17) is 5.11 Å². The van der Waals surface area contributed by atoms with Crippen molar-refractivity contribution in [3.8, 4) is 0 Å². The molecule has 0 aromatic heterocycles. The fourth-order valence-electron chi connectivity index (χ4n) is 4.02.